The second-order valence-corrected chi connectivity index (χ2v) is 10.8. The molecule has 17 heteroatoms. The summed E-state index contributed by atoms with van der Waals surface area (Å²) in [5.74, 6) is -5.68. The summed E-state index contributed by atoms with van der Waals surface area (Å²) in [5.41, 5.74) is 5.34. The van der Waals surface area contributed by atoms with Crippen molar-refractivity contribution in [3.8, 4) is 0 Å². The summed E-state index contributed by atoms with van der Waals surface area (Å²) in [6.45, 7) is 7.24. The zero-order valence-corrected chi connectivity index (χ0v) is 28.1. The molecular formula is C28H51BrN4O12. The molecule has 9 N–H and O–H groups in total. The highest BCUT2D eigenvalue weighted by Crippen LogP contribution is 2.10. The Balaban J connectivity index is -0.000000719. The minimum absolute atomic E-state index is 0.0347. The molecule has 0 fully saturated rings. The van der Waals surface area contributed by atoms with Gasteiger partial charge in [0.05, 0.1) is 13.1 Å². The van der Waals surface area contributed by atoms with Gasteiger partial charge in [0, 0.05) is 24.9 Å². The SMILES string of the molecule is CCC(C)C(=O)NCCCC[C@@H](C(=O)O)N(CC(=O)O)CC(=O)O.CCC(C)C(=O)NCCCC[C@H](N)C(=O)O.O=C(O)CBr. The normalized spacial score (nSPS) is 13.0. The molecule has 0 aromatic rings. The van der Waals surface area contributed by atoms with Gasteiger partial charge in [0.2, 0.25) is 11.8 Å². The zero-order valence-electron chi connectivity index (χ0n) is 26.5. The molecule has 2 amide bonds. The average Bonchev–Trinajstić information content (AvgIpc) is 2.96. The number of carboxylic acids is 5. The minimum atomic E-state index is -1.29. The van der Waals surface area contributed by atoms with Crippen molar-refractivity contribution >= 4 is 57.6 Å². The third-order valence-corrected chi connectivity index (χ3v) is 6.88. The first-order valence-electron chi connectivity index (χ1n) is 14.7. The molecule has 4 atom stereocenters. The van der Waals surface area contributed by atoms with Crippen molar-refractivity contribution in [3.05, 3.63) is 0 Å². The van der Waals surface area contributed by atoms with Gasteiger partial charge in [-0.3, -0.25) is 38.5 Å². The average molecular weight is 716 g/mol. The van der Waals surface area contributed by atoms with Gasteiger partial charge in [-0.25, -0.2) is 0 Å². The van der Waals surface area contributed by atoms with Crippen molar-refractivity contribution < 1.29 is 59.1 Å². The fourth-order valence-electron chi connectivity index (χ4n) is 3.30. The Labute approximate surface area is 272 Å². The Morgan fingerprint density at radius 3 is 1.33 bits per heavy atom. The number of aliphatic carboxylic acids is 5. The number of alkyl halides is 1. The Kier molecular flexibility index (Phi) is 28.9. The number of rotatable bonds is 22. The van der Waals surface area contributed by atoms with E-state index in [1.54, 1.807) is 0 Å². The summed E-state index contributed by atoms with van der Waals surface area (Å²) in [4.78, 5) is 76.4. The second kappa shape index (κ2) is 28.2. The quantitative estimate of drug-likeness (QED) is 0.0582. The van der Waals surface area contributed by atoms with E-state index in [-0.39, 0.29) is 35.4 Å². The number of nitrogens with two attached hydrogens (primary N) is 1. The Hall–Kier alpha value is -3.31. The van der Waals surface area contributed by atoms with Crippen LogP contribution in [-0.4, -0.2) is 116 Å². The van der Waals surface area contributed by atoms with E-state index in [0.29, 0.717) is 38.8 Å². The Bertz CT molecular complexity index is 906. The van der Waals surface area contributed by atoms with E-state index in [0.717, 1.165) is 24.2 Å². The lowest BCUT2D eigenvalue weighted by Crippen LogP contribution is -2.46. The van der Waals surface area contributed by atoms with Crippen LogP contribution in [0.5, 0.6) is 0 Å². The third kappa shape index (κ3) is 27.9. The van der Waals surface area contributed by atoms with Crippen molar-refractivity contribution in [1.29, 1.82) is 0 Å². The molecule has 0 bridgehead atoms. The molecule has 262 valence electrons. The number of unbranched alkanes of at least 4 members (excludes halogenated alkanes) is 2. The number of hydrogen-bond acceptors (Lipinski definition) is 9. The summed E-state index contributed by atoms with van der Waals surface area (Å²) in [7, 11) is 0. The molecule has 2 unspecified atom stereocenters. The van der Waals surface area contributed by atoms with Crippen LogP contribution in [0, 0.1) is 11.8 Å². The fraction of sp³-hybridized carbons (Fsp3) is 0.750. The van der Waals surface area contributed by atoms with Crippen molar-refractivity contribution in [2.75, 3.05) is 31.5 Å². The van der Waals surface area contributed by atoms with Crippen LogP contribution >= 0.6 is 15.9 Å². The van der Waals surface area contributed by atoms with Crippen LogP contribution in [0.1, 0.15) is 79.1 Å². The predicted molar refractivity (Wildman–Crippen MR) is 168 cm³/mol. The molecule has 0 rings (SSSR count). The summed E-state index contributed by atoms with van der Waals surface area (Å²) < 4.78 is 0. The molecule has 0 radical (unpaired) electrons. The molecule has 0 aliphatic rings. The van der Waals surface area contributed by atoms with E-state index in [2.05, 4.69) is 26.6 Å². The highest BCUT2D eigenvalue weighted by molar-refractivity contribution is 9.09. The molecule has 0 aliphatic carbocycles. The monoisotopic (exact) mass is 714 g/mol. The molecule has 0 aliphatic heterocycles. The van der Waals surface area contributed by atoms with Gasteiger partial charge in [0.15, 0.2) is 0 Å². The van der Waals surface area contributed by atoms with E-state index in [4.69, 9.17) is 26.2 Å². The maximum atomic E-state index is 11.6. The molecular weight excluding hydrogens is 664 g/mol. The molecule has 45 heavy (non-hydrogen) atoms. The number of amides is 2. The van der Waals surface area contributed by atoms with E-state index >= 15 is 0 Å². The van der Waals surface area contributed by atoms with Gasteiger partial charge in [-0.1, -0.05) is 43.6 Å². The van der Waals surface area contributed by atoms with Crippen molar-refractivity contribution in [2.45, 2.75) is 91.1 Å². The van der Waals surface area contributed by atoms with E-state index < -0.39 is 55.0 Å². The summed E-state index contributed by atoms with van der Waals surface area (Å²) in [6, 6.07) is -1.98. The number of carbonyl (C=O) groups excluding carboxylic acids is 2. The number of nitrogens with one attached hydrogen (secondary N) is 2. The van der Waals surface area contributed by atoms with Crippen molar-refractivity contribution in [1.82, 2.24) is 15.5 Å². The third-order valence-electron chi connectivity index (χ3n) is 6.40. The van der Waals surface area contributed by atoms with Gasteiger partial charge in [-0.2, -0.15) is 0 Å². The van der Waals surface area contributed by atoms with Crippen molar-refractivity contribution in [2.24, 2.45) is 17.6 Å². The largest absolute Gasteiger partial charge is 0.481 e. The second-order valence-electron chi connectivity index (χ2n) is 10.2. The maximum absolute atomic E-state index is 11.6. The first-order valence-corrected chi connectivity index (χ1v) is 15.8. The van der Waals surface area contributed by atoms with Crippen LogP contribution in [-0.2, 0) is 33.6 Å². The molecule has 0 aromatic heterocycles. The van der Waals surface area contributed by atoms with Gasteiger partial charge in [0.1, 0.15) is 17.4 Å². The first kappa shape index (κ1) is 46.1. The lowest BCUT2D eigenvalue weighted by atomic mass is 10.1. The highest BCUT2D eigenvalue weighted by atomic mass is 79.9. The molecule has 0 saturated carbocycles. The topological polar surface area (TPSA) is 274 Å². The maximum Gasteiger partial charge on any atom is 0.320 e. The molecule has 0 heterocycles. The molecule has 0 spiro atoms. The molecule has 16 nitrogen and oxygen atoms in total. The molecule has 0 aromatic carbocycles. The van der Waals surface area contributed by atoms with Crippen LogP contribution in [0.25, 0.3) is 0 Å². The van der Waals surface area contributed by atoms with E-state index in [9.17, 15) is 38.7 Å². The lowest BCUT2D eigenvalue weighted by molar-refractivity contribution is -0.150. The number of nitrogens with zero attached hydrogens (tertiary/aromatic N) is 1. The smallest absolute Gasteiger partial charge is 0.320 e. The van der Waals surface area contributed by atoms with Gasteiger partial charge in [0.25, 0.3) is 0 Å². The summed E-state index contributed by atoms with van der Waals surface area (Å²) in [5, 5.41) is 48.6. The number of carbonyl (C=O) groups is 7. The van der Waals surface area contributed by atoms with Gasteiger partial charge in [-0.15, -0.1) is 0 Å². The van der Waals surface area contributed by atoms with Crippen molar-refractivity contribution in [3.63, 3.8) is 0 Å². The van der Waals surface area contributed by atoms with Crippen LogP contribution in [0.15, 0.2) is 0 Å². The fourth-order valence-corrected chi connectivity index (χ4v) is 3.30. The number of carboxylic acid groups (broad SMARTS) is 5. The zero-order chi connectivity index (χ0) is 35.5. The summed E-state index contributed by atoms with van der Waals surface area (Å²) in [6.07, 6.45) is 4.55. The van der Waals surface area contributed by atoms with Crippen LogP contribution in [0.2, 0.25) is 0 Å². The molecule has 0 saturated heterocycles. The lowest BCUT2D eigenvalue weighted by Gasteiger charge is -2.25. The Morgan fingerprint density at radius 2 is 1.04 bits per heavy atom. The van der Waals surface area contributed by atoms with Gasteiger partial charge >= 0.3 is 29.8 Å². The number of halogens is 1. The van der Waals surface area contributed by atoms with Gasteiger partial charge in [-0.05, 0) is 51.4 Å². The van der Waals surface area contributed by atoms with E-state index in [1.165, 1.54) is 0 Å². The highest BCUT2D eigenvalue weighted by Gasteiger charge is 2.28. The van der Waals surface area contributed by atoms with Gasteiger partial charge < -0.3 is 41.9 Å². The predicted octanol–water partition coefficient (Wildman–Crippen LogP) is 1.44. The summed E-state index contributed by atoms with van der Waals surface area (Å²) >= 11 is 2.71. The van der Waals surface area contributed by atoms with E-state index in [1.807, 2.05) is 27.7 Å². The van der Waals surface area contributed by atoms with Crippen LogP contribution < -0.4 is 16.4 Å². The standard InChI is InChI=1S/C15H26N2O7.C11H22N2O3.C2H3BrO2/c1-3-10(2)14(22)16-7-5-4-6-11(15(23)24)17(8-12(18)19)9-13(20)21;1-3-8(2)10(14)13-7-5-4-6-9(12)11(15)16;3-1-2(4)5/h10-11H,3-9H2,1-2H3,(H,16,22)(H,18,19)(H,20,21)(H,23,24);8-9H,3-7,12H2,1-2H3,(H,13,14)(H,15,16);1H2,(H,4,5)/t10?,11-;8?,9-;/m00./s1. The number of hydrogen-bond donors (Lipinski definition) is 8. The Morgan fingerprint density at radius 1 is 0.667 bits per heavy atom. The minimum Gasteiger partial charge on any atom is -0.481 e. The first-order chi connectivity index (χ1) is 20.9. The van der Waals surface area contributed by atoms with Crippen LogP contribution in [0.3, 0.4) is 0 Å². The van der Waals surface area contributed by atoms with Crippen LogP contribution in [0.4, 0.5) is 0 Å².